The first kappa shape index (κ1) is 21.9. The molecule has 3 aromatic carbocycles. The van der Waals surface area contributed by atoms with Crippen molar-refractivity contribution in [2.45, 2.75) is 13.5 Å². The first-order chi connectivity index (χ1) is 16.0. The van der Waals surface area contributed by atoms with Gasteiger partial charge < -0.3 is 19.3 Å². The summed E-state index contributed by atoms with van der Waals surface area (Å²) in [6.07, 6.45) is 0. The van der Waals surface area contributed by atoms with Crippen molar-refractivity contribution in [3.63, 3.8) is 0 Å². The number of H-pyrrole nitrogens is 1. The minimum Gasteiger partial charge on any atom is -0.507 e. The van der Waals surface area contributed by atoms with Gasteiger partial charge in [-0.15, -0.1) is 0 Å². The van der Waals surface area contributed by atoms with Crippen LogP contribution in [0.3, 0.4) is 0 Å². The van der Waals surface area contributed by atoms with Crippen LogP contribution in [0, 0.1) is 12.7 Å². The second kappa shape index (κ2) is 9.44. The molecule has 0 spiro atoms. The van der Waals surface area contributed by atoms with E-state index in [-0.39, 0.29) is 18.2 Å². The number of phenols is 1. The molecule has 4 aromatic rings. The van der Waals surface area contributed by atoms with Gasteiger partial charge in [0.15, 0.2) is 5.75 Å². The third kappa shape index (κ3) is 4.79. The minimum atomic E-state index is -0.441. The molecule has 1 aromatic heterocycles. The Morgan fingerprint density at radius 2 is 1.79 bits per heavy atom. The summed E-state index contributed by atoms with van der Waals surface area (Å²) in [6.45, 7) is 1.82. The molecule has 0 aliphatic rings. The number of hydrogen-bond donors (Lipinski definition) is 2. The number of carbonyl (C=O) groups is 1. The van der Waals surface area contributed by atoms with E-state index in [0.29, 0.717) is 45.3 Å². The van der Waals surface area contributed by atoms with Gasteiger partial charge in [0.05, 0.1) is 18.4 Å². The quantitative estimate of drug-likeness (QED) is 0.368. The van der Waals surface area contributed by atoms with Crippen LogP contribution in [0.5, 0.6) is 23.0 Å². The van der Waals surface area contributed by atoms with E-state index >= 15 is 0 Å². The molecule has 8 heteroatoms. The molecule has 33 heavy (non-hydrogen) atoms. The summed E-state index contributed by atoms with van der Waals surface area (Å²) in [4.78, 5) is 11.6. The number of carbonyl (C=O) groups excluding carboxylic acids is 1. The summed E-state index contributed by atoms with van der Waals surface area (Å²) >= 11 is 0. The minimum absolute atomic E-state index is 0.0307. The van der Waals surface area contributed by atoms with E-state index in [0.717, 1.165) is 0 Å². The predicted octanol–water partition coefficient (Wildman–Crippen LogP) is 5.39. The van der Waals surface area contributed by atoms with Gasteiger partial charge in [0.2, 0.25) is 0 Å². The van der Waals surface area contributed by atoms with Gasteiger partial charge in [0.25, 0.3) is 0 Å². The molecule has 0 saturated heterocycles. The number of nitrogens with zero attached hydrogens (tertiary/aromatic N) is 1. The van der Waals surface area contributed by atoms with Gasteiger partial charge in [0.1, 0.15) is 35.4 Å². The molecule has 0 unspecified atom stereocenters. The molecule has 2 N–H and O–H groups in total. The highest BCUT2D eigenvalue weighted by molar-refractivity contribution is 5.89. The van der Waals surface area contributed by atoms with Crippen molar-refractivity contribution in [2.75, 3.05) is 7.11 Å². The van der Waals surface area contributed by atoms with E-state index < -0.39 is 5.97 Å². The second-order valence-corrected chi connectivity index (χ2v) is 7.20. The average molecular weight is 448 g/mol. The number of esters is 1. The number of methoxy groups -OCH3 is 1. The first-order valence-corrected chi connectivity index (χ1v) is 10.1. The normalized spacial score (nSPS) is 10.6. The number of nitrogens with one attached hydrogen (secondary N) is 1. The van der Waals surface area contributed by atoms with E-state index in [9.17, 15) is 14.3 Å². The maximum Gasteiger partial charge on any atom is 0.337 e. The van der Waals surface area contributed by atoms with Crippen molar-refractivity contribution in [3.8, 4) is 34.3 Å². The molecule has 0 saturated carbocycles. The number of rotatable bonds is 7. The Morgan fingerprint density at radius 3 is 2.48 bits per heavy atom. The second-order valence-electron chi connectivity index (χ2n) is 7.20. The Balaban J connectivity index is 1.54. The molecule has 0 aliphatic carbocycles. The number of aryl methyl sites for hydroxylation is 1. The van der Waals surface area contributed by atoms with Crippen molar-refractivity contribution in [3.05, 3.63) is 89.4 Å². The summed E-state index contributed by atoms with van der Waals surface area (Å²) in [5, 5.41) is 17.7. The highest BCUT2D eigenvalue weighted by atomic mass is 19.1. The predicted molar refractivity (Wildman–Crippen MR) is 119 cm³/mol. The number of ether oxygens (including phenoxy) is 3. The zero-order valence-electron chi connectivity index (χ0n) is 18.0. The Hall–Kier alpha value is -4.33. The molecule has 1 heterocycles. The number of benzene rings is 3. The van der Waals surface area contributed by atoms with Crippen LogP contribution in [0.1, 0.15) is 21.6 Å². The lowest BCUT2D eigenvalue weighted by atomic mass is 10.1. The Kier molecular flexibility index (Phi) is 6.26. The zero-order chi connectivity index (χ0) is 23.4. The number of phenolic OH excluding ortho intramolecular Hbond substituents is 1. The number of aromatic amines is 1. The molecule has 0 bridgehead atoms. The van der Waals surface area contributed by atoms with Crippen molar-refractivity contribution in [2.24, 2.45) is 0 Å². The lowest BCUT2D eigenvalue weighted by Crippen LogP contribution is -2.00. The van der Waals surface area contributed by atoms with Crippen LogP contribution in [-0.2, 0) is 11.3 Å². The third-order valence-corrected chi connectivity index (χ3v) is 4.96. The van der Waals surface area contributed by atoms with Crippen molar-refractivity contribution in [1.29, 1.82) is 0 Å². The van der Waals surface area contributed by atoms with Gasteiger partial charge in [-0.05, 0) is 49.4 Å². The fraction of sp³-hybridized carbons (Fsp3) is 0.120. The number of hydrogen-bond acceptors (Lipinski definition) is 6. The molecule has 0 aliphatic heterocycles. The van der Waals surface area contributed by atoms with Crippen molar-refractivity contribution in [1.82, 2.24) is 10.2 Å². The topological polar surface area (TPSA) is 93.7 Å². The smallest absolute Gasteiger partial charge is 0.337 e. The summed E-state index contributed by atoms with van der Waals surface area (Å²) in [5.74, 6) is 0.427. The van der Waals surface area contributed by atoms with Crippen LogP contribution in [-0.4, -0.2) is 28.4 Å². The molecule has 0 radical (unpaired) electrons. The van der Waals surface area contributed by atoms with E-state index in [1.54, 1.807) is 61.5 Å². The number of aromatic nitrogens is 2. The van der Waals surface area contributed by atoms with Gasteiger partial charge in [-0.2, -0.15) is 5.10 Å². The SMILES string of the molecule is COC(=O)c1ccc(Oc2c(-c3ccc(OCc4ccccc4F)cc3O)n[nH]c2C)cc1. The largest absolute Gasteiger partial charge is 0.507 e. The lowest BCUT2D eigenvalue weighted by molar-refractivity contribution is 0.0600. The summed E-state index contributed by atoms with van der Waals surface area (Å²) in [6, 6.07) is 17.6. The van der Waals surface area contributed by atoms with Crippen LogP contribution < -0.4 is 9.47 Å². The average Bonchev–Trinajstić information content (AvgIpc) is 3.18. The summed E-state index contributed by atoms with van der Waals surface area (Å²) in [7, 11) is 1.32. The third-order valence-electron chi connectivity index (χ3n) is 4.96. The van der Waals surface area contributed by atoms with Crippen LogP contribution in [0.4, 0.5) is 4.39 Å². The first-order valence-electron chi connectivity index (χ1n) is 10.1. The number of halogens is 1. The fourth-order valence-corrected chi connectivity index (χ4v) is 3.20. The van der Waals surface area contributed by atoms with Gasteiger partial charge in [-0.25, -0.2) is 9.18 Å². The summed E-state index contributed by atoms with van der Waals surface area (Å²) in [5.41, 5.74) is 2.30. The zero-order valence-corrected chi connectivity index (χ0v) is 18.0. The lowest BCUT2D eigenvalue weighted by Gasteiger charge is -2.11. The van der Waals surface area contributed by atoms with Gasteiger partial charge in [-0.3, -0.25) is 5.10 Å². The van der Waals surface area contributed by atoms with E-state index in [1.807, 2.05) is 0 Å². The van der Waals surface area contributed by atoms with Crippen LogP contribution in [0.2, 0.25) is 0 Å². The van der Waals surface area contributed by atoms with Crippen LogP contribution in [0.15, 0.2) is 66.7 Å². The fourth-order valence-electron chi connectivity index (χ4n) is 3.20. The van der Waals surface area contributed by atoms with Gasteiger partial charge >= 0.3 is 5.97 Å². The van der Waals surface area contributed by atoms with E-state index in [1.165, 1.54) is 19.2 Å². The molecule has 0 fully saturated rings. The molecule has 4 rings (SSSR count). The summed E-state index contributed by atoms with van der Waals surface area (Å²) < 4.78 is 30.1. The van der Waals surface area contributed by atoms with Gasteiger partial charge in [-0.1, -0.05) is 18.2 Å². The van der Waals surface area contributed by atoms with Crippen LogP contribution in [0.25, 0.3) is 11.3 Å². The highest BCUT2D eigenvalue weighted by Crippen LogP contribution is 2.39. The molecule has 168 valence electrons. The maximum atomic E-state index is 13.8. The molecule has 0 atom stereocenters. The highest BCUT2D eigenvalue weighted by Gasteiger charge is 2.19. The molecular formula is C25H21FN2O5. The monoisotopic (exact) mass is 448 g/mol. The van der Waals surface area contributed by atoms with E-state index in [2.05, 4.69) is 10.2 Å². The van der Waals surface area contributed by atoms with Crippen molar-refractivity contribution >= 4 is 5.97 Å². The number of aromatic hydroxyl groups is 1. The molecule has 7 nitrogen and oxygen atoms in total. The van der Waals surface area contributed by atoms with Crippen LogP contribution >= 0.6 is 0 Å². The molecular weight excluding hydrogens is 427 g/mol. The van der Waals surface area contributed by atoms with Gasteiger partial charge in [0, 0.05) is 17.2 Å². The van der Waals surface area contributed by atoms with E-state index in [4.69, 9.17) is 14.2 Å². The molecule has 0 amide bonds. The standard InChI is InChI=1S/C25H21FN2O5/c1-15-24(33-18-9-7-16(8-10-18)25(30)31-2)23(28-27-15)20-12-11-19(13-22(20)29)32-14-17-5-3-4-6-21(17)26/h3-13,29H,14H2,1-2H3,(H,27,28). The Morgan fingerprint density at radius 1 is 1.06 bits per heavy atom. The Bertz CT molecular complexity index is 1280. The van der Waals surface area contributed by atoms with Crippen molar-refractivity contribution < 1.29 is 28.5 Å². The maximum absolute atomic E-state index is 13.8. The Labute approximate surface area is 189 Å².